The van der Waals surface area contributed by atoms with Gasteiger partial charge in [0, 0.05) is 25.2 Å². The highest BCUT2D eigenvalue weighted by Crippen LogP contribution is 2.31. The molecule has 2 saturated heterocycles. The molecule has 2 aliphatic heterocycles. The predicted molar refractivity (Wildman–Crippen MR) is 135 cm³/mol. The van der Waals surface area contributed by atoms with E-state index in [2.05, 4.69) is 22.9 Å². The number of nitrogens with one attached hydrogen (secondary N) is 3. The lowest BCUT2D eigenvalue weighted by molar-refractivity contribution is -0.143. The summed E-state index contributed by atoms with van der Waals surface area (Å²) in [6, 6.07) is 6.85. The van der Waals surface area contributed by atoms with Crippen LogP contribution in [0.25, 0.3) is 0 Å². The molecule has 2 fully saturated rings. The molecule has 1 aromatic rings. The third-order valence-corrected chi connectivity index (χ3v) is 7.37. The van der Waals surface area contributed by atoms with E-state index < -0.39 is 12.0 Å². The molecule has 8 nitrogen and oxygen atoms in total. The van der Waals surface area contributed by atoms with Crippen LogP contribution >= 0.6 is 0 Å². The molecule has 0 spiro atoms. The summed E-state index contributed by atoms with van der Waals surface area (Å²) in [5.74, 6) is -1.29. The third kappa shape index (κ3) is 6.76. The first kappa shape index (κ1) is 27.0. The molecule has 0 bridgehead atoms. The Bertz CT molecular complexity index is 920. The van der Waals surface area contributed by atoms with E-state index in [0.29, 0.717) is 18.5 Å². The van der Waals surface area contributed by atoms with E-state index in [1.54, 1.807) is 18.2 Å². The van der Waals surface area contributed by atoms with Gasteiger partial charge in [-0.1, -0.05) is 37.1 Å². The van der Waals surface area contributed by atoms with Crippen molar-refractivity contribution in [3.05, 3.63) is 35.4 Å². The summed E-state index contributed by atoms with van der Waals surface area (Å²) in [5, 5.41) is 9.60. The topological polar surface area (TPSA) is 108 Å². The molecule has 1 aromatic carbocycles. The van der Waals surface area contributed by atoms with Gasteiger partial charge < -0.3 is 20.9 Å². The largest absolute Gasteiger partial charge is 0.350 e. The summed E-state index contributed by atoms with van der Waals surface area (Å²) < 4.78 is 0. The number of amides is 2. The lowest BCUT2D eigenvalue weighted by Crippen LogP contribution is -2.56. The normalized spacial score (nSPS) is 23.4. The number of likely N-dealkylation sites (N-methyl/N-ethyl adjacent to an activating group) is 1. The molecule has 0 unspecified atom stereocenters. The Morgan fingerprint density at radius 1 is 1.06 bits per heavy atom. The molecule has 2 aliphatic rings. The minimum absolute atomic E-state index is 0.0309. The zero-order valence-corrected chi connectivity index (χ0v) is 21.4. The number of hydrogen-bond donors (Lipinski definition) is 3. The molecular weight excluding hydrogens is 444 g/mol. The lowest BCUT2D eigenvalue weighted by Gasteiger charge is -2.35. The predicted octanol–water partition coefficient (Wildman–Crippen LogP) is 2.06. The smallest absolute Gasteiger partial charge is 0.243 e. The Morgan fingerprint density at radius 2 is 1.77 bits per heavy atom. The molecule has 2 amide bonds. The van der Waals surface area contributed by atoms with Gasteiger partial charge in [0.2, 0.25) is 11.8 Å². The number of fused-ring (bicyclic) bond motifs is 1. The van der Waals surface area contributed by atoms with Gasteiger partial charge in [0.1, 0.15) is 23.5 Å². The van der Waals surface area contributed by atoms with Crippen molar-refractivity contribution >= 4 is 23.4 Å². The molecule has 0 saturated carbocycles. The molecule has 3 N–H and O–H groups in total. The summed E-state index contributed by atoms with van der Waals surface area (Å²) in [6.07, 6.45) is 5.30. The molecular formula is C27H40N4O4. The van der Waals surface area contributed by atoms with Crippen LogP contribution in [0.2, 0.25) is 0 Å². The second kappa shape index (κ2) is 12.4. The standard InChI is InChI=1S/C27H40N4O4/c1-17(28-4)15-29-23-11-6-5-10-22-12-13-24(31(22)27(23)35)26(34)30-16-20-8-7-9-21(14-20)25(18(2)32)19(3)33/h7-9,14,17,22-25,28-29H,5-6,10-13,15-16H2,1-4H3,(H,30,34)/t17-,22-,23-,24-/m0/s1. The fraction of sp³-hybridized carbons (Fsp3) is 0.630. The molecule has 3 rings (SSSR count). The Kier molecular flexibility index (Phi) is 9.57. The molecule has 0 aliphatic carbocycles. The Balaban J connectivity index is 1.68. The van der Waals surface area contributed by atoms with Crippen molar-refractivity contribution in [2.75, 3.05) is 13.6 Å². The Morgan fingerprint density at radius 3 is 2.46 bits per heavy atom. The van der Waals surface area contributed by atoms with Crippen molar-refractivity contribution in [1.29, 1.82) is 0 Å². The van der Waals surface area contributed by atoms with Gasteiger partial charge in [-0.2, -0.15) is 0 Å². The zero-order valence-electron chi connectivity index (χ0n) is 21.4. The van der Waals surface area contributed by atoms with Crippen LogP contribution < -0.4 is 16.0 Å². The number of Topliss-reactive ketones (excluding diaryl/α,β-unsaturated/α-hetero) is 2. The van der Waals surface area contributed by atoms with Crippen LogP contribution in [0.15, 0.2) is 24.3 Å². The van der Waals surface area contributed by atoms with Gasteiger partial charge in [0.05, 0.1) is 6.04 Å². The summed E-state index contributed by atoms with van der Waals surface area (Å²) in [7, 11) is 1.90. The van der Waals surface area contributed by atoms with E-state index in [1.165, 1.54) is 13.8 Å². The van der Waals surface area contributed by atoms with Crippen molar-refractivity contribution in [1.82, 2.24) is 20.9 Å². The second-order valence-electron chi connectivity index (χ2n) is 10.0. The molecule has 4 atom stereocenters. The second-order valence-corrected chi connectivity index (χ2v) is 10.0. The molecule has 0 radical (unpaired) electrons. The van der Waals surface area contributed by atoms with Gasteiger partial charge in [0.25, 0.3) is 0 Å². The van der Waals surface area contributed by atoms with Crippen LogP contribution in [-0.4, -0.2) is 66.0 Å². The van der Waals surface area contributed by atoms with E-state index in [1.807, 2.05) is 18.0 Å². The van der Waals surface area contributed by atoms with Crippen molar-refractivity contribution < 1.29 is 19.2 Å². The number of ketones is 2. The summed E-state index contributed by atoms with van der Waals surface area (Å²) in [5.41, 5.74) is 1.46. The fourth-order valence-electron chi connectivity index (χ4n) is 5.34. The highest BCUT2D eigenvalue weighted by Gasteiger charge is 2.43. The molecule has 35 heavy (non-hydrogen) atoms. The quantitative estimate of drug-likeness (QED) is 0.439. The maximum atomic E-state index is 13.5. The SMILES string of the molecule is CN[C@@H](C)CN[C@H]1CCCC[C@H]2CC[C@@H](C(=O)NCc3cccc(C(C(C)=O)C(C)=O)c3)N2C1=O. The van der Waals surface area contributed by atoms with E-state index in [9.17, 15) is 19.2 Å². The van der Waals surface area contributed by atoms with Gasteiger partial charge in [-0.15, -0.1) is 0 Å². The number of benzene rings is 1. The van der Waals surface area contributed by atoms with Crippen LogP contribution in [0.3, 0.4) is 0 Å². The Labute approximate surface area is 208 Å². The van der Waals surface area contributed by atoms with Gasteiger partial charge in [0.15, 0.2) is 0 Å². The first-order chi connectivity index (χ1) is 16.7. The van der Waals surface area contributed by atoms with Gasteiger partial charge in [-0.25, -0.2) is 0 Å². The van der Waals surface area contributed by atoms with Gasteiger partial charge in [-0.3, -0.25) is 19.2 Å². The summed E-state index contributed by atoms with van der Waals surface area (Å²) in [6.45, 7) is 5.87. The maximum Gasteiger partial charge on any atom is 0.243 e. The van der Waals surface area contributed by atoms with Crippen LogP contribution in [0.4, 0.5) is 0 Å². The number of nitrogens with zero attached hydrogens (tertiary/aromatic N) is 1. The molecule has 8 heteroatoms. The van der Waals surface area contributed by atoms with Crippen molar-refractivity contribution in [3.8, 4) is 0 Å². The minimum Gasteiger partial charge on any atom is -0.350 e. The fourth-order valence-corrected chi connectivity index (χ4v) is 5.34. The maximum absolute atomic E-state index is 13.5. The average Bonchev–Trinajstić information content (AvgIpc) is 3.23. The van der Waals surface area contributed by atoms with E-state index in [0.717, 1.165) is 37.7 Å². The summed E-state index contributed by atoms with van der Waals surface area (Å²) in [4.78, 5) is 52.5. The van der Waals surface area contributed by atoms with E-state index in [-0.39, 0.29) is 48.1 Å². The zero-order chi connectivity index (χ0) is 25.5. The van der Waals surface area contributed by atoms with Gasteiger partial charge in [-0.05, 0) is 64.6 Å². The van der Waals surface area contributed by atoms with Crippen molar-refractivity contribution in [2.45, 2.75) is 95.9 Å². The Hall–Kier alpha value is -2.58. The monoisotopic (exact) mass is 484 g/mol. The molecule has 0 aromatic heterocycles. The lowest BCUT2D eigenvalue weighted by atomic mass is 9.91. The number of carbonyl (C=O) groups excluding carboxylic acids is 4. The number of rotatable bonds is 10. The van der Waals surface area contributed by atoms with Gasteiger partial charge >= 0.3 is 0 Å². The highest BCUT2D eigenvalue weighted by molar-refractivity contribution is 6.05. The first-order valence-corrected chi connectivity index (χ1v) is 12.8. The van der Waals surface area contributed by atoms with E-state index in [4.69, 9.17) is 0 Å². The minimum atomic E-state index is -0.782. The number of carbonyl (C=O) groups is 4. The van der Waals surface area contributed by atoms with Crippen molar-refractivity contribution in [2.24, 2.45) is 0 Å². The van der Waals surface area contributed by atoms with Crippen LogP contribution in [-0.2, 0) is 25.7 Å². The third-order valence-electron chi connectivity index (χ3n) is 7.37. The summed E-state index contributed by atoms with van der Waals surface area (Å²) >= 11 is 0. The molecule has 192 valence electrons. The van der Waals surface area contributed by atoms with E-state index >= 15 is 0 Å². The molecule has 2 heterocycles. The highest BCUT2D eigenvalue weighted by atomic mass is 16.2. The first-order valence-electron chi connectivity index (χ1n) is 12.8. The van der Waals surface area contributed by atoms with Crippen LogP contribution in [0.1, 0.15) is 76.3 Å². The van der Waals surface area contributed by atoms with Crippen LogP contribution in [0.5, 0.6) is 0 Å². The van der Waals surface area contributed by atoms with Crippen LogP contribution in [0, 0.1) is 0 Å². The van der Waals surface area contributed by atoms with Crippen molar-refractivity contribution in [3.63, 3.8) is 0 Å². The average molecular weight is 485 g/mol. The number of hydrogen-bond acceptors (Lipinski definition) is 6.